The minimum absolute atomic E-state index is 0.0110. The summed E-state index contributed by atoms with van der Waals surface area (Å²) in [6, 6.07) is 12.6. The number of carbonyl (C=O) groups excluding carboxylic acids is 5. The van der Waals surface area contributed by atoms with Crippen LogP contribution >= 0.6 is 0 Å². The zero-order valence-electron chi connectivity index (χ0n) is 40.3. The van der Waals surface area contributed by atoms with Gasteiger partial charge in [-0.1, -0.05) is 53.3 Å². The number of methoxy groups -OCH3 is 1. The molecule has 67 heavy (non-hydrogen) atoms. The monoisotopic (exact) mass is 918 g/mol. The van der Waals surface area contributed by atoms with Crippen molar-refractivity contribution in [3.05, 3.63) is 84.2 Å². The number of amides is 4. The number of aromatic nitrogens is 2. The Hall–Kier alpha value is -6.06. The predicted molar refractivity (Wildman–Crippen MR) is 256 cm³/mol. The van der Waals surface area contributed by atoms with Crippen LogP contribution in [0.3, 0.4) is 0 Å². The second kappa shape index (κ2) is 20.4. The van der Waals surface area contributed by atoms with Crippen LogP contribution in [0.1, 0.15) is 90.2 Å². The Morgan fingerprint density at radius 2 is 1.87 bits per heavy atom. The Morgan fingerprint density at radius 1 is 1.09 bits per heavy atom. The zero-order chi connectivity index (χ0) is 48.3. The first kappa shape index (κ1) is 48.9. The van der Waals surface area contributed by atoms with Crippen LogP contribution in [0.2, 0.25) is 0 Å². The summed E-state index contributed by atoms with van der Waals surface area (Å²) in [6.45, 7) is 17.3. The maximum absolute atomic E-state index is 14.7. The highest BCUT2D eigenvalue weighted by Crippen LogP contribution is 2.42. The van der Waals surface area contributed by atoms with Crippen LogP contribution < -0.4 is 10.7 Å². The van der Waals surface area contributed by atoms with Crippen LogP contribution in [-0.4, -0.2) is 118 Å². The molecule has 5 atom stereocenters. The molecule has 5 heterocycles. The maximum Gasteiger partial charge on any atom is 0.324 e. The Balaban J connectivity index is 1.31. The number of aryl methyl sites for hydroxylation is 1. The van der Waals surface area contributed by atoms with Gasteiger partial charge in [-0.25, -0.2) is 5.43 Å². The molecule has 2 aromatic carbocycles. The fourth-order valence-corrected chi connectivity index (χ4v) is 10.3. The van der Waals surface area contributed by atoms with Crippen molar-refractivity contribution in [3.63, 3.8) is 0 Å². The quantitative estimate of drug-likeness (QED) is 0.114. The van der Waals surface area contributed by atoms with Crippen molar-refractivity contribution in [2.45, 2.75) is 111 Å². The van der Waals surface area contributed by atoms with E-state index in [4.69, 9.17) is 14.5 Å². The van der Waals surface area contributed by atoms with Gasteiger partial charge in [0.25, 0.3) is 5.91 Å². The van der Waals surface area contributed by atoms with Gasteiger partial charge in [-0.05, 0) is 110 Å². The van der Waals surface area contributed by atoms with Gasteiger partial charge >= 0.3 is 5.97 Å². The average Bonchev–Trinajstić information content (AvgIpc) is 3.93. The second-order valence-electron chi connectivity index (χ2n) is 19.4. The molecule has 7 rings (SSSR count). The third kappa shape index (κ3) is 10.3. The van der Waals surface area contributed by atoms with E-state index in [0.717, 1.165) is 51.0 Å². The number of rotatable bonds is 11. The second-order valence-corrected chi connectivity index (χ2v) is 19.4. The van der Waals surface area contributed by atoms with E-state index in [1.54, 1.807) is 37.4 Å². The minimum atomic E-state index is -1.16. The predicted octanol–water partition coefficient (Wildman–Crippen LogP) is 6.36. The number of phenols is 1. The number of esters is 1. The lowest BCUT2D eigenvalue weighted by Crippen LogP contribution is -2.62. The van der Waals surface area contributed by atoms with Crippen LogP contribution in [0.25, 0.3) is 33.3 Å². The zero-order valence-corrected chi connectivity index (χ0v) is 40.3. The van der Waals surface area contributed by atoms with Gasteiger partial charge in [0.2, 0.25) is 17.7 Å². The van der Waals surface area contributed by atoms with Crippen LogP contribution in [-0.2, 0) is 52.8 Å². The number of hydrazine groups is 1. The number of cyclic esters (lactones) is 1. The van der Waals surface area contributed by atoms with Gasteiger partial charge in [-0.2, -0.15) is 0 Å². The largest absolute Gasteiger partial charge is 0.508 e. The number of likely N-dealkylation sites (N-methyl/N-ethyl adjacent to an activating group) is 1. The van der Waals surface area contributed by atoms with E-state index in [2.05, 4.69) is 67.8 Å². The van der Waals surface area contributed by atoms with Crippen molar-refractivity contribution in [3.8, 4) is 28.1 Å². The van der Waals surface area contributed by atoms with Crippen molar-refractivity contribution in [2.24, 2.45) is 17.3 Å². The molecule has 3 N–H and O–H groups in total. The highest BCUT2D eigenvalue weighted by molar-refractivity contribution is 5.96. The number of benzene rings is 2. The molecular formula is C52H67N7O8. The molecule has 0 radical (unpaired) electrons. The summed E-state index contributed by atoms with van der Waals surface area (Å²) in [5, 5.41) is 16.7. The first-order valence-corrected chi connectivity index (χ1v) is 23.7. The third-order valence-electron chi connectivity index (χ3n) is 13.6. The van der Waals surface area contributed by atoms with Crippen molar-refractivity contribution < 1.29 is 38.6 Å². The van der Waals surface area contributed by atoms with E-state index in [0.29, 0.717) is 44.3 Å². The lowest BCUT2D eigenvalue weighted by Gasteiger charge is -2.37. The van der Waals surface area contributed by atoms with Gasteiger partial charge in [0.1, 0.15) is 23.9 Å². The first-order chi connectivity index (χ1) is 32.0. The summed E-state index contributed by atoms with van der Waals surface area (Å²) < 4.78 is 14.4. The minimum Gasteiger partial charge on any atom is -0.508 e. The summed E-state index contributed by atoms with van der Waals surface area (Å²) in [4.78, 5) is 77.3. The number of pyridine rings is 1. The van der Waals surface area contributed by atoms with Gasteiger partial charge in [0, 0.05) is 74.8 Å². The molecule has 358 valence electrons. The first-order valence-electron chi connectivity index (χ1n) is 23.7. The fourth-order valence-electron chi connectivity index (χ4n) is 10.3. The number of ether oxygens (including phenoxy) is 2. The summed E-state index contributed by atoms with van der Waals surface area (Å²) in [5.74, 6) is -2.86. The number of hydrogen-bond donors (Lipinski definition) is 3. The van der Waals surface area contributed by atoms with Crippen LogP contribution in [0, 0.1) is 17.3 Å². The van der Waals surface area contributed by atoms with E-state index in [1.165, 1.54) is 16.0 Å². The third-order valence-corrected chi connectivity index (χ3v) is 13.6. The molecule has 0 saturated carbocycles. The maximum atomic E-state index is 14.7. The van der Waals surface area contributed by atoms with Crippen LogP contribution in [0.4, 0.5) is 0 Å². The summed E-state index contributed by atoms with van der Waals surface area (Å²) in [5.41, 5.74) is 9.61. The van der Waals surface area contributed by atoms with Gasteiger partial charge in [-0.15, -0.1) is 0 Å². The molecule has 0 aliphatic carbocycles. The molecule has 0 spiro atoms. The van der Waals surface area contributed by atoms with E-state index in [1.807, 2.05) is 32.0 Å². The highest BCUT2D eigenvalue weighted by Gasteiger charge is 2.40. The normalized spacial score (nSPS) is 20.8. The van der Waals surface area contributed by atoms with E-state index in [9.17, 15) is 29.1 Å². The lowest BCUT2D eigenvalue weighted by atomic mass is 9.84. The topological polar surface area (TPSA) is 176 Å². The number of fused-ring (bicyclic) bond motifs is 6. The Morgan fingerprint density at radius 3 is 2.57 bits per heavy atom. The number of nitrogens with zero attached hydrogens (tertiary/aromatic N) is 5. The van der Waals surface area contributed by atoms with Crippen molar-refractivity contribution >= 4 is 40.5 Å². The molecule has 4 amide bonds. The Kier molecular flexibility index (Phi) is 14.9. The molecule has 0 unspecified atom stereocenters. The summed E-state index contributed by atoms with van der Waals surface area (Å²) in [7, 11) is 3.28. The number of nitrogens with one attached hydrogen (secondary N) is 2. The molecule has 2 aromatic heterocycles. The lowest BCUT2D eigenvalue weighted by molar-refractivity contribution is -0.155. The van der Waals surface area contributed by atoms with Gasteiger partial charge in [0.15, 0.2) is 0 Å². The average molecular weight is 918 g/mol. The van der Waals surface area contributed by atoms with Crippen molar-refractivity contribution in [1.82, 2.24) is 35.1 Å². The molecule has 2 fully saturated rings. The van der Waals surface area contributed by atoms with Crippen molar-refractivity contribution in [1.29, 1.82) is 0 Å². The molecule has 3 aliphatic heterocycles. The van der Waals surface area contributed by atoms with Crippen molar-refractivity contribution in [2.75, 3.05) is 40.4 Å². The fraction of sp³-hybridized carbons (Fsp3) is 0.500. The van der Waals surface area contributed by atoms with E-state index < -0.39 is 47.2 Å². The number of phenolic OH excluding ortho intramolecular Hbond substituents is 1. The van der Waals surface area contributed by atoms with E-state index in [-0.39, 0.29) is 55.7 Å². The summed E-state index contributed by atoms with van der Waals surface area (Å²) >= 11 is 0. The van der Waals surface area contributed by atoms with Crippen LogP contribution in [0.5, 0.6) is 5.75 Å². The summed E-state index contributed by atoms with van der Waals surface area (Å²) in [6.07, 6.45) is 5.45. The molecule has 6 bridgehead atoms. The van der Waals surface area contributed by atoms with E-state index >= 15 is 0 Å². The molecule has 3 aliphatic rings. The number of aromatic hydroxyl groups is 1. The van der Waals surface area contributed by atoms with Gasteiger partial charge < -0.3 is 34.3 Å². The molecule has 4 aromatic rings. The molecule has 15 heteroatoms. The smallest absolute Gasteiger partial charge is 0.324 e. The molecule has 2 saturated heterocycles. The molecular weight excluding hydrogens is 851 g/mol. The number of likely N-dealkylation sites (tertiary alicyclic amines) is 1. The highest BCUT2D eigenvalue weighted by atomic mass is 16.5. The standard InChI is InChI=1S/C52H67N7O8/c1-10-43(66-9)45-37(15-13-20-53-45)47-39-28-52(6,7)30-67-51(65)40-16-14-21-59(55-40)50(64)41(25-32-23-35(26-36(60)24-32)33-17-18-42(38(39)27-33)58(47)12-3)54-48(62)46(31(4)5)56(8)49(63)34-19-22-57(29-34)44(61)11-2/h11,13,15,17-18,20,23-24,26-27,31,34,40-41,43,46,55,60H,2,10,12,14,16,19,21-22,25,28-30H2,1,3-9H3,(H,54,62)/t34-,40-,41-,43-,46-/m0/s1. The number of hydrogen-bond acceptors (Lipinski definition) is 10. The Bertz CT molecular complexity index is 2530. The van der Waals surface area contributed by atoms with Crippen LogP contribution in [0.15, 0.2) is 67.4 Å². The van der Waals surface area contributed by atoms with Gasteiger partial charge in [-0.3, -0.25) is 34.0 Å². The Labute approximate surface area is 393 Å². The van der Waals surface area contributed by atoms with Gasteiger partial charge in [0.05, 0.1) is 30.0 Å². The number of carbonyl (C=O) groups is 5. The molecule has 15 nitrogen and oxygen atoms in total. The SMILES string of the molecule is C=CC(=O)N1CC[C@H](C(=O)N(C)[C@H](C(=O)N[C@H]2Cc3cc(O)cc(c3)-c3ccc4c(c3)c(c(-c3cccnc3[C@H](CC)OC)n4CC)CC(C)(C)COC(=O)[C@@H]3CCCN(N3)C2=O)C(C)C)C1.